The van der Waals surface area contributed by atoms with Crippen molar-refractivity contribution in [2.45, 2.75) is 26.3 Å². The van der Waals surface area contributed by atoms with Crippen LogP contribution in [0.2, 0.25) is 5.02 Å². The summed E-state index contributed by atoms with van der Waals surface area (Å²) in [6.45, 7) is 5.35. The molecule has 5 heteroatoms. The Morgan fingerprint density at radius 3 is 2.76 bits per heavy atom. The Hall–Kier alpha value is -1.78. The van der Waals surface area contributed by atoms with E-state index in [0.717, 1.165) is 24.7 Å². The Bertz CT molecular complexity index is 717. The Morgan fingerprint density at radius 1 is 1.24 bits per heavy atom. The lowest BCUT2D eigenvalue weighted by molar-refractivity contribution is 0.447. The van der Waals surface area contributed by atoms with Crippen molar-refractivity contribution in [2.24, 2.45) is 5.92 Å². The fraction of sp³-hybridized carbons (Fsp3) is 0.350. The average molecular weight is 374 g/mol. The van der Waals surface area contributed by atoms with E-state index in [4.69, 9.17) is 23.8 Å². The molecule has 0 radical (unpaired) electrons. The minimum absolute atomic E-state index is 0.594. The molecule has 2 aromatic carbocycles. The normalized spacial score (nSPS) is 17.2. The lowest BCUT2D eigenvalue weighted by atomic mass is 9.99. The van der Waals surface area contributed by atoms with Crippen LogP contribution in [0.3, 0.4) is 0 Å². The third-order valence-electron chi connectivity index (χ3n) is 4.49. The van der Waals surface area contributed by atoms with Gasteiger partial charge in [0.15, 0.2) is 5.11 Å². The molecule has 0 saturated carbocycles. The van der Waals surface area contributed by atoms with E-state index in [9.17, 15) is 0 Å². The van der Waals surface area contributed by atoms with Gasteiger partial charge in [-0.1, -0.05) is 36.7 Å². The van der Waals surface area contributed by atoms with E-state index in [2.05, 4.69) is 46.7 Å². The predicted octanol–water partition coefficient (Wildman–Crippen LogP) is 5.06. The summed E-state index contributed by atoms with van der Waals surface area (Å²) in [5, 5.41) is 7.67. The molecule has 0 bridgehead atoms. The molecule has 2 aromatic rings. The largest absolute Gasteiger partial charge is 0.371 e. The smallest absolute Gasteiger partial charge is 0.171 e. The Balaban J connectivity index is 1.50. The molecule has 0 aliphatic carbocycles. The first-order chi connectivity index (χ1) is 12.1. The van der Waals surface area contributed by atoms with Gasteiger partial charge in [-0.25, -0.2) is 0 Å². The quantitative estimate of drug-likeness (QED) is 0.732. The summed E-state index contributed by atoms with van der Waals surface area (Å²) < 4.78 is 0. The van der Waals surface area contributed by atoms with E-state index in [1.54, 1.807) is 0 Å². The van der Waals surface area contributed by atoms with Crippen molar-refractivity contribution in [1.29, 1.82) is 0 Å². The summed E-state index contributed by atoms with van der Waals surface area (Å²) in [4.78, 5) is 2.48. The number of hydrogen-bond donors (Lipinski definition) is 2. The van der Waals surface area contributed by atoms with Crippen LogP contribution in [0.5, 0.6) is 0 Å². The predicted molar refractivity (Wildman–Crippen MR) is 112 cm³/mol. The molecule has 0 spiro atoms. The molecular formula is C20H24ClN3S. The van der Waals surface area contributed by atoms with E-state index in [0.29, 0.717) is 16.7 Å². The van der Waals surface area contributed by atoms with Crippen LogP contribution in [-0.2, 0) is 6.54 Å². The third-order valence-corrected chi connectivity index (χ3v) is 4.98. The Labute approximate surface area is 160 Å². The van der Waals surface area contributed by atoms with Gasteiger partial charge in [0.05, 0.1) is 0 Å². The highest BCUT2D eigenvalue weighted by Crippen LogP contribution is 2.23. The van der Waals surface area contributed by atoms with Gasteiger partial charge in [-0.15, -0.1) is 0 Å². The van der Waals surface area contributed by atoms with Gasteiger partial charge in [0.25, 0.3) is 0 Å². The molecule has 25 heavy (non-hydrogen) atoms. The van der Waals surface area contributed by atoms with E-state index in [-0.39, 0.29) is 0 Å². The molecular weight excluding hydrogens is 350 g/mol. The number of piperidine rings is 1. The molecule has 0 amide bonds. The second-order valence-electron chi connectivity index (χ2n) is 6.68. The number of nitrogens with zero attached hydrogens (tertiary/aromatic N) is 1. The number of nitrogens with one attached hydrogen (secondary N) is 2. The fourth-order valence-electron chi connectivity index (χ4n) is 3.17. The van der Waals surface area contributed by atoms with Crippen molar-refractivity contribution in [3.8, 4) is 0 Å². The number of hydrogen-bond acceptors (Lipinski definition) is 2. The summed E-state index contributed by atoms with van der Waals surface area (Å²) in [6.07, 6.45) is 2.63. The topological polar surface area (TPSA) is 27.3 Å². The first kappa shape index (κ1) is 18.0. The monoisotopic (exact) mass is 373 g/mol. The molecule has 132 valence electrons. The average Bonchev–Trinajstić information content (AvgIpc) is 2.60. The molecule has 1 aliphatic heterocycles. The van der Waals surface area contributed by atoms with Crippen molar-refractivity contribution in [3.63, 3.8) is 0 Å². The minimum Gasteiger partial charge on any atom is -0.371 e. The highest BCUT2D eigenvalue weighted by molar-refractivity contribution is 7.80. The number of benzene rings is 2. The van der Waals surface area contributed by atoms with Crippen molar-refractivity contribution in [2.75, 3.05) is 23.3 Å². The second-order valence-corrected chi connectivity index (χ2v) is 7.52. The molecule has 3 rings (SSSR count). The lowest BCUT2D eigenvalue weighted by Gasteiger charge is -2.32. The first-order valence-electron chi connectivity index (χ1n) is 8.74. The van der Waals surface area contributed by atoms with Crippen LogP contribution in [-0.4, -0.2) is 18.2 Å². The summed E-state index contributed by atoms with van der Waals surface area (Å²) in [6, 6.07) is 16.3. The van der Waals surface area contributed by atoms with Crippen LogP contribution in [0.4, 0.5) is 11.4 Å². The molecule has 2 N–H and O–H groups in total. The molecule has 3 nitrogen and oxygen atoms in total. The van der Waals surface area contributed by atoms with Crippen LogP contribution >= 0.6 is 23.8 Å². The van der Waals surface area contributed by atoms with Gasteiger partial charge in [0.1, 0.15) is 0 Å². The first-order valence-corrected chi connectivity index (χ1v) is 9.53. The summed E-state index contributed by atoms with van der Waals surface area (Å²) >= 11 is 11.3. The van der Waals surface area contributed by atoms with Gasteiger partial charge in [-0.3, -0.25) is 0 Å². The lowest BCUT2D eigenvalue weighted by Crippen LogP contribution is -2.34. The highest BCUT2D eigenvalue weighted by atomic mass is 35.5. The van der Waals surface area contributed by atoms with Crippen LogP contribution < -0.4 is 15.5 Å². The Kier molecular flexibility index (Phi) is 6.16. The standard InChI is InChI=1S/C20H24ClN3S/c1-15-4-3-11-24(14-15)19-9-7-16(8-10-19)13-22-20(25)23-18-6-2-5-17(21)12-18/h2,5-10,12,15H,3-4,11,13-14H2,1H3,(H2,22,23,25)/t15-/m1/s1. The highest BCUT2D eigenvalue weighted by Gasteiger charge is 2.16. The van der Waals surface area contributed by atoms with Gasteiger partial charge in [-0.05, 0) is 66.9 Å². The maximum Gasteiger partial charge on any atom is 0.171 e. The second kappa shape index (κ2) is 8.54. The number of thiocarbonyl (C=S) groups is 1. The molecule has 1 heterocycles. The SMILES string of the molecule is C[C@@H]1CCCN(c2ccc(CNC(=S)Nc3cccc(Cl)c3)cc2)C1. The van der Waals surface area contributed by atoms with Crippen LogP contribution in [0.15, 0.2) is 48.5 Å². The molecule has 0 aromatic heterocycles. The maximum atomic E-state index is 5.98. The third kappa shape index (κ3) is 5.35. The molecule has 0 unspecified atom stereocenters. The van der Waals surface area contributed by atoms with Crippen molar-refractivity contribution in [3.05, 3.63) is 59.1 Å². The number of anilines is 2. The van der Waals surface area contributed by atoms with Gasteiger partial charge in [0.2, 0.25) is 0 Å². The number of halogens is 1. The van der Waals surface area contributed by atoms with Gasteiger partial charge < -0.3 is 15.5 Å². The van der Waals surface area contributed by atoms with Crippen LogP contribution in [0, 0.1) is 5.92 Å². The van der Waals surface area contributed by atoms with E-state index in [1.807, 2.05) is 24.3 Å². The van der Waals surface area contributed by atoms with E-state index in [1.165, 1.54) is 24.1 Å². The molecule has 1 atom stereocenters. The molecule has 1 saturated heterocycles. The van der Waals surface area contributed by atoms with Crippen molar-refractivity contribution < 1.29 is 0 Å². The zero-order valence-corrected chi connectivity index (χ0v) is 16.0. The van der Waals surface area contributed by atoms with Crippen LogP contribution in [0.1, 0.15) is 25.3 Å². The van der Waals surface area contributed by atoms with Crippen molar-refractivity contribution in [1.82, 2.24) is 5.32 Å². The Morgan fingerprint density at radius 2 is 2.04 bits per heavy atom. The van der Waals surface area contributed by atoms with E-state index < -0.39 is 0 Å². The van der Waals surface area contributed by atoms with Gasteiger partial charge in [0, 0.05) is 36.0 Å². The molecule has 1 aliphatic rings. The van der Waals surface area contributed by atoms with Crippen molar-refractivity contribution >= 4 is 40.3 Å². The summed E-state index contributed by atoms with van der Waals surface area (Å²) in [7, 11) is 0. The number of rotatable bonds is 4. The summed E-state index contributed by atoms with van der Waals surface area (Å²) in [5.41, 5.74) is 3.42. The van der Waals surface area contributed by atoms with E-state index >= 15 is 0 Å². The molecule has 1 fully saturated rings. The minimum atomic E-state index is 0.594. The maximum absolute atomic E-state index is 5.98. The van der Waals surface area contributed by atoms with Crippen LogP contribution in [0.25, 0.3) is 0 Å². The zero-order valence-electron chi connectivity index (χ0n) is 14.5. The summed E-state index contributed by atoms with van der Waals surface area (Å²) in [5.74, 6) is 0.782. The zero-order chi connectivity index (χ0) is 17.6. The van der Waals surface area contributed by atoms with Gasteiger partial charge in [-0.2, -0.15) is 0 Å². The van der Waals surface area contributed by atoms with Gasteiger partial charge >= 0.3 is 0 Å². The fourth-order valence-corrected chi connectivity index (χ4v) is 3.55.